The minimum Gasteiger partial charge on any atom is -0.303 e. The molecule has 4 nitrogen and oxygen atoms in total. The Morgan fingerprint density at radius 3 is 1.77 bits per heavy atom. The number of phosphoric ester groups is 1. The summed E-state index contributed by atoms with van der Waals surface area (Å²) in [5.41, 5.74) is -0.0822. The summed E-state index contributed by atoms with van der Waals surface area (Å²) in [5, 5.41) is 0. The molecule has 0 aliphatic rings. The highest BCUT2D eigenvalue weighted by molar-refractivity contribution is 7.46. The van der Waals surface area contributed by atoms with E-state index in [0.29, 0.717) is 0 Å². The summed E-state index contributed by atoms with van der Waals surface area (Å²) in [6.07, 6.45) is 2.62. The van der Waals surface area contributed by atoms with E-state index in [1.165, 1.54) is 0 Å². The quantitative estimate of drug-likeness (QED) is 0.660. The van der Waals surface area contributed by atoms with Gasteiger partial charge in [-0.25, -0.2) is 4.57 Å². The summed E-state index contributed by atoms with van der Waals surface area (Å²) in [7, 11) is -4.30. The van der Waals surface area contributed by atoms with Crippen LogP contribution in [0.25, 0.3) is 0 Å². The maximum Gasteiger partial charge on any atom is 0.469 e. The van der Waals surface area contributed by atoms with Crippen molar-refractivity contribution in [2.45, 2.75) is 40.0 Å². The molecule has 0 amide bonds. The van der Waals surface area contributed by atoms with E-state index < -0.39 is 7.82 Å². The summed E-state index contributed by atoms with van der Waals surface area (Å²) in [6, 6.07) is 0. The van der Waals surface area contributed by atoms with E-state index in [9.17, 15) is 4.57 Å². The Hall–Kier alpha value is 0.110. The molecule has 0 heterocycles. The largest absolute Gasteiger partial charge is 0.469 e. The van der Waals surface area contributed by atoms with Crippen molar-refractivity contribution in [3.05, 3.63) is 0 Å². The smallest absolute Gasteiger partial charge is 0.303 e. The van der Waals surface area contributed by atoms with Gasteiger partial charge in [-0.3, -0.25) is 4.52 Å². The fraction of sp³-hybridized carbons (Fsp3) is 1.00. The van der Waals surface area contributed by atoms with Gasteiger partial charge < -0.3 is 9.79 Å². The first kappa shape index (κ1) is 13.1. The topological polar surface area (TPSA) is 66.8 Å². The number of phosphoric acid groups is 1. The standard InChI is InChI=1S/C8H19O4P/c1-4-8(5-2,6-3)7-12-13(9,10)11/h4-7H2,1-3H3,(H2,9,10,11). The van der Waals surface area contributed by atoms with Gasteiger partial charge in [0.15, 0.2) is 0 Å². The lowest BCUT2D eigenvalue weighted by Crippen LogP contribution is -2.24. The van der Waals surface area contributed by atoms with E-state index in [1.807, 2.05) is 20.8 Å². The fourth-order valence-electron chi connectivity index (χ4n) is 1.28. The molecule has 0 aliphatic heterocycles. The van der Waals surface area contributed by atoms with Crippen LogP contribution in [0.3, 0.4) is 0 Å². The molecule has 80 valence electrons. The summed E-state index contributed by atoms with van der Waals surface area (Å²) < 4.78 is 15.0. The molecule has 0 saturated carbocycles. The van der Waals surface area contributed by atoms with Crippen molar-refractivity contribution in [2.75, 3.05) is 6.61 Å². The highest BCUT2D eigenvalue weighted by Gasteiger charge is 2.28. The van der Waals surface area contributed by atoms with Crippen molar-refractivity contribution in [1.29, 1.82) is 0 Å². The van der Waals surface area contributed by atoms with Gasteiger partial charge in [0.2, 0.25) is 0 Å². The Bertz CT molecular complexity index is 174. The third-order valence-electron chi connectivity index (χ3n) is 2.79. The Morgan fingerprint density at radius 2 is 1.54 bits per heavy atom. The van der Waals surface area contributed by atoms with Crippen LogP contribution >= 0.6 is 7.82 Å². The SMILES string of the molecule is CCC(CC)(CC)COP(=O)(O)O. The Labute approximate surface area is 79.5 Å². The summed E-state index contributed by atoms with van der Waals surface area (Å²) in [6.45, 7) is 6.17. The van der Waals surface area contributed by atoms with Crippen molar-refractivity contribution in [3.8, 4) is 0 Å². The molecule has 0 atom stereocenters. The molecule has 0 unspecified atom stereocenters. The van der Waals surface area contributed by atoms with E-state index >= 15 is 0 Å². The maximum atomic E-state index is 10.5. The molecule has 0 saturated heterocycles. The third kappa shape index (κ3) is 4.77. The van der Waals surface area contributed by atoms with Crippen LogP contribution < -0.4 is 0 Å². The van der Waals surface area contributed by atoms with Crippen LogP contribution in [0.15, 0.2) is 0 Å². The second kappa shape index (κ2) is 5.11. The van der Waals surface area contributed by atoms with Crippen LogP contribution in [0, 0.1) is 5.41 Å². The van der Waals surface area contributed by atoms with Crippen molar-refractivity contribution in [2.24, 2.45) is 5.41 Å². The zero-order chi connectivity index (χ0) is 10.5. The highest BCUT2D eigenvalue weighted by atomic mass is 31.2. The Balaban J connectivity index is 4.19. The molecule has 0 bridgehead atoms. The highest BCUT2D eigenvalue weighted by Crippen LogP contribution is 2.41. The first-order valence-electron chi connectivity index (χ1n) is 4.59. The molecule has 0 aromatic carbocycles. The first-order valence-corrected chi connectivity index (χ1v) is 6.12. The van der Waals surface area contributed by atoms with Crippen LogP contribution in [-0.2, 0) is 9.09 Å². The van der Waals surface area contributed by atoms with Crippen molar-refractivity contribution >= 4 is 7.82 Å². The third-order valence-corrected chi connectivity index (χ3v) is 3.25. The van der Waals surface area contributed by atoms with Crippen molar-refractivity contribution in [1.82, 2.24) is 0 Å². The maximum absolute atomic E-state index is 10.5. The van der Waals surface area contributed by atoms with Gasteiger partial charge in [-0.05, 0) is 24.7 Å². The van der Waals surface area contributed by atoms with Crippen LogP contribution in [0.4, 0.5) is 0 Å². The van der Waals surface area contributed by atoms with E-state index in [0.717, 1.165) is 19.3 Å². The first-order chi connectivity index (χ1) is 5.89. The molecule has 0 radical (unpaired) electrons. The minimum atomic E-state index is -4.30. The Kier molecular flexibility index (Phi) is 5.15. The lowest BCUT2D eigenvalue weighted by Gasteiger charge is -2.29. The van der Waals surface area contributed by atoms with Gasteiger partial charge in [0.05, 0.1) is 6.61 Å². The molecule has 0 aliphatic carbocycles. The number of rotatable bonds is 6. The number of hydrogen-bond donors (Lipinski definition) is 2. The zero-order valence-electron chi connectivity index (χ0n) is 8.49. The molecule has 0 aromatic rings. The summed E-state index contributed by atoms with van der Waals surface area (Å²) in [4.78, 5) is 17.1. The van der Waals surface area contributed by atoms with Gasteiger partial charge >= 0.3 is 7.82 Å². The second-order valence-electron chi connectivity index (χ2n) is 3.32. The molecule has 0 fully saturated rings. The molecule has 0 rings (SSSR count). The zero-order valence-corrected chi connectivity index (χ0v) is 9.38. The van der Waals surface area contributed by atoms with Crippen LogP contribution in [-0.4, -0.2) is 16.4 Å². The molecular weight excluding hydrogens is 191 g/mol. The van der Waals surface area contributed by atoms with Gasteiger partial charge in [-0.15, -0.1) is 0 Å². The van der Waals surface area contributed by atoms with E-state index in [-0.39, 0.29) is 12.0 Å². The van der Waals surface area contributed by atoms with Crippen molar-refractivity contribution < 1.29 is 18.9 Å². The lowest BCUT2D eigenvalue weighted by molar-refractivity contribution is 0.0948. The molecular formula is C8H19O4P. The van der Waals surface area contributed by atoms with E-state index in [2.05, 4.69) is 4.52 Å². The number of hydrogen-bond acceptors (Lipinski definition) is 2. The van der Waals surface area contributed by atoms with Crippen LogP contribution in [0.2, 0.25) is 0 Å². The monoisotopic (exact) mass is 210 g/mol. The molecule has 2 N–H and O–H groups in total. The van der Waals surface area contributed by atoms with E-state index in [4.69, 9.17) is 9.79 Å². The Morgan fingerprint density at radius 1 is 1.15 bits per heavy atom. The van der Waals surface area contributed by atoms with E-state index in [1.54, 1.807) is 0 Å². The summed E-state index contributed by atoms with van der Waals surface area (Å²) in [5.74, 6) is 0. The van der Waals surface area contributed by atoms with Crippen LogP contribution in [0.1, 0.15) is 40.0 Å². The van der Waals surface area contributed by atoms with Gasteiger partial charge in [-0.2, -0.15) is 0 Å². The fourth-order valence-corrected chi connectivity index (χ4v) is 1.72. The van der Waals surface area contributed by atoms with Gasteiger partial charge in [-0.1, -0.05) is 20.8 Å². The predicted molar refractivity (Wildman–Crippen MR) is 51.3 cm³/mol. The molecule has 0 aromatic heterocycles. The lowest BCUT2D eigenvalue weighted by atomic mass is 9.81. The average Bonchev–Trinajstić information content (AvgIpc) is 2.06. The normalized spacial score (nSPS) is 13.3. The van der Waals surface area contributed by atoms with Gasteiger partial charge in [0, 0.05) is 0 Å². The summed E-state index contributed by atoms with van der Waals surface area (Å²) >= 11 is 0. The van der Waals surface area contributed by atoms with Crippen molar-refractivity contribution in [3.63, 3.8) is 0 Å². The predicted octanol–water partition coefficient (Wildman–Crippen LogP) is 2.31. The molecule has 13 heavy (non-hydrogen) atoms. The molecule has 5 heteroatoms. The minimum absolute atomic E-state index is 0.0822. The van der Waals surface area contributed by atoms with Gasteiger partial charge in [0.25, 0.3) is 0 Å². The average molecular weight is 210 g/mol. The van der Waals surface area contributed by atoms with Gasteiger partial charge in [0.1, 0.15) is 0 Å². The second-order valence-corrected chi connectivity index (χ2v) is 4.56. The van der Waals surface area contributed by atoms with Crippen LogP contribution in [0.5, 0.6) is 0 Å². The molecule has 0 spiro atoms.